The van der Waals surface area contributed by atoms with E-state index in [2.05, 4.69) is 47.6 Å². The first-order valence-electron chi connectivity index (χ1n) is 27.0. The predicted octanol–water partition coefficient (Wildman–Crippen LogP) is 8.57. The molecule has 8 rings (SSSR count). The minimum Gasteiger partial charge on any atom is -0.493 e. The molecule has 4 aliphatic rings. The molecule has 1 saturated carbocycles. The van der Waals surface area contributed by atoms with Crippen LogP contribution in [0.25, 0.3) is 10.4 Å². The number of aliphatic hydroxyl groups excluding tert-OH is 1. The van der Waals surface area contributed by atoms with Crippen LogP contribution >= 0.6 is 34.7 Å². The summed E-state index contributed by atoms with van der Waals surface area (Å²) in [6.45, 7) is 15.6. The first-order chi connectivity index (χ1) is 36.3. The van der Waals surface area contributed by atoms with E-state index in [0.717, 1.165) is 122 Å². The number of anilines is 2. The minimum atomic E-state index is -1.97. The van der Waals surface area contributed by atoms with Crippen molar-refractivity contribution in [1.82, 2.24) is 35.4 Å². The van der Waals surface area contributed by atoms with E-state index in [1.165, 1.54) is 16.7 Å². The Morgan fingerprint density at radius 2 is 1.78 bits per heavy atom. The number of ether oxygens (including phenoxy) is 1. The molecule has 4 fully saturated rings. The zero-order valence-corrected chi connectivity index (χ0v) is 47.1. The van der Waals surface area contributed by atoms with Gasteiger partial charge in [-0.1, -0.05) is 69.3 Å². The molecule has 0 bridgehead atoms. The second-order valence-corrected chi connectivity index (χ2v) is 25.0. The van der Waals surface area contributed by atoms with Crippen molar-refractivity contribution in [2.45, 2.75) is 152 Å². The normalized spacial score (nSPS) is 20.0. The highest BCUT2D eigenvalue weighted by Crippen LogP contribution is 2.41. The topological polar surface area (TPSA) is 208 Å². The van der Waals surface area contributed by atoms with Crippen LogP contribution in [0.4, 0.5) is 15.9 Å². The Morgan fingerprint density at radius 1 is 1.01 bits per heavy atom. The second-order valence-electron chi connectivity index (χ2n) is 22.7. The number of nitrogens with zero attached hydrogens (tertiary/aromatic N) is 6. The number of unbranched alkanes of at least 4 members (excludes halogenated alkanes) is 1. The molecule has 0 radical (unpaired) electrons. The molecule has 0 spiro atoms. The lowest BCUT2D eigenvalue weighted by atomic mass is 9.80. The van der Waals surface area contributed by atoms with Gasteiger partial charge in [0.2, 0.25) is 17.7 Å². The third-order valence-corrected chi connectivity index (χ3v) is 18.1. The molecule has 6 N–H and O–H groups in total. The van der Waals surface area contributed by atoms with E-state index in [0.29, 0.717) is 41.9 Å². The second kappa shape index (κ2) is 25.3. The van der Waals surface area contributed by atoms with E-state index in [-0.39, 0.29) is 43.7 Å². The van der Waals surface area contributed by atoms with Crippen LogP contribution in [0, 0.1) is 23.7 Å². The molecule has 412 valence electrons. The number of carbonyl (C=O) groups is 4. The number of aromatic nitrogens is 3. The van der Waals surface area contributed by atoms with E-state index >= 15 is 0 Å². The van der Waals surface area contributed by atoms with Gasteiger partial charge in [-0.2, -0.15) is 0 Å². The molecular formula is C56H76ClFN10O6S2. The number of aryl methyl sites for hydroxylation is 1. The third kappa shape index (κ3) is 14.8. The number of carbonyl (C=O) groups excluding carboxylic acids is 4. The lowest BCUT2D eigenvalue weighted by molar-refractivity contribution is -0.145. The van der Waals surface area contributed by atoms with E-state index < -0.39 is 47.0 Å². The highest BCUT2D eigenvalue weighted by Gasteiger charge is 2.53. The summed E-state index contributed by atoms with van der Waals surface area (Å²) in [7, 11) is 0. The lowest BCUT2D eigenvalue weighted by Crippen LogP contribution is -2.59. The number of nitrogens with two attached hydrogens (primary N) is 1. The number of hydrogen-bond donors (Lipinski definition) is 5. The van der Waals surface area contributed by atoms with Crippen molar-refractivity contribution in [3.8, 4) is 16.2 Å². The van der Waals surface area contributed by atoms with Crippen LogP contribution in [0.15, 0.2) is 64.2 Å². The van der Waals surface area contributed by atoms with Crippen LogP contribution in [0.3, 0.4) is 0 Å². The number of benzene rings is 2. The number of rotatable bonds is 22. The van der Waals surface area contributed by atoms with Crippen LogP contribution < -0.4 is 31.3 Å². The number of piperidine rings is 2. The first kappa shape index (κ1) is 57.3. The summed E-state index contributed by atoms with van der Waals surface area (Å²) < 4.78 is 21.1. The van der Waals surface area contributed by atoms with Gasteiger partial charge in [-0.05, 0) is 138 Å². The number of nitrogens with one attached hydrogen (secondary N) is 3. The van der Waals surface area contributed by atoms with Crippen molar-refractivity contribution in [1.29, 1.82) is 0 Å². The molecule has 2 aromatic carbocycles. The molecule has 2 aromatic heterocycles. The first-order valence-corrected chi connectivity index (χ1v) is 29.1. The molecule has 5 heterocycles. The van der Waals surface area contributed by atoms with E-state index in [9.17, 15) is 28.7 Å². The van der Waals surface area contributed by atoms with Crippen molar-refractivity contribution in [3.05, 3.63) is 70.6 Å². The molecule has 4 aromatic rings. The molecule has 16 nitrogen and oxygen atoms in total. The number of amides is 4. The Kier molecular flexibility index (Phi) is 19.0. The average Bonchev–Trinajstić information content (AvgIpc) is 3.81. The minimum absolute atomic E-state index is 0.0372. The number of β-amino-alcohol motifs (C(OH)–C–C–N with tert-alkyl or cyclic N) is 1. The average molecular weight is 1100 g/mol. The van der Waals surface area contributed by atoms with E-state index in [4.69, 9.17) is 22.1 Å². The zero-order chi connectivity index (χ0) is 54.2. The standard InChI is InChI=1S/C56H76ClFN10O6S2/c1-36-49(75-35-63-36)38-14-15-39(30-62-51(71)42-29-40(69)33-68(42)52(72)50(54(2,3)4)65-53(73)56(58)18-19-56)43(28-38)74-27-7-6-22-66-23-16-37(17-24-66)10-8-13-46(70)64-41-11-9-12-44(48(41)57)76-47-32-60-45(31-61-47)67-25-20-55(5,34-59)21-26-67/h9,11-12,14-15,28,31-32,35,37,40,42,50,69H,6-8,10,13,16-27,29-30,33-34,59H2,1-5H3,(H,62,71)(H,64,70)(H,65,73)/t40?,42?,50-/m1/s1. The molecule has 2 unspecified atom stereocenters. The maximum Gasteiger partial charge on any atom is 0.258 e. The Bertz CT molecular complexity index is 2650. The molecule has 76 heavy (non-hydrogen) atoms. The van der Waals surface area contributed by atoms with Crippen LogP contribution in [0.2, 0.25) is 5.02 Å². The fourth-order valence-electron chi connectivity index (χ4n) is 10.3. The maximum absolute atomic E-state index is 14.7. The highest BCUT2D eigenvalue weighted by atomic mass is 35.5. The van der Waals surface area contributed by atoms with Gasteiger partial charge in [0.1, 0.15) is 28.7 Å². The van der Waals surface area contributed by atoms with Gasteiger partial charge in [-0.25, -0.2) is 19.3 Å². The Labute approximate surface area is 460 Å². The zero-order valence-electron chi connectivity index (χ0n) is 44.7. The van der Waals surface area contributed by atoms with Gasteiger partial charge >= 0.3 is 0 Å². The van der Waals surface area contributed by atoms with Crippen LogP contribution in [-0.4, -0.2) is 130 Å². The number of likely N-dealkylation sites (tertiary alicyclic amines) is 2. The van der Waals surface area contributed by atoms with Gasteiger partial charge in [-0.15, -0.1) is 11.3 Å². The smallest absolute Gasteiger partial charge is 0.258 e. The fourth-order valence-corrected chi connectivity index (χ4v) is 12.1. The third-order valence-electron chi connectivity index (χ3n) is 15.6. The summed E-state index contributed by atoms with van der Waals surface area (Å²) in [5.41, 5.74) is 8.47. The largest absolute Gasteiger partial charge is 0.493 e. The highest BCUT2D eigenvalue weighted by molar-refractivity contribution is 7.99. The lowest BCUT2D eigenvalue weighted by Gasteiger charge is -2.39. The summed E-state index contributed by atoms with van der Waals surface area (Å²) >= 11 is 9.78. The van der Waals surface area contributed by atoms with Crippen molar-refractivity contribution in [2.24, 2.45) is 22.5 Å². The van der Waals surface area contributed by atoms with E-state index in [1.54, 1.807) is 38.3 Å². The number of aliphatic hydroxyl groups is 1. The van der Waals surface area contributed by atoms with Crippen molar-refractivity contribution in [2.75, 3.05) is 62.6 Å². The van der Waals surface area contributed by atoms with Gasteiger partial charge < -0.3 is 46.2 Å². The number of halogens is 2. The van der Waals surface area contributed by atoms with Gasteiger partial charge in [-0.3, -0.25) is 19.2 Å². The van der Waals surface area contributed by atoms with Crippen molar-refractivity contribution >= 4 is 69.8 Å². The molecule has 4 amide bonds. The summed E-state index contributed by atoms with van der Waals surface area (Å²) in [6.07, 6.45) is 11.2. The Balaban J connectivity index is 0.753. The van der Waals surface area contributed by atoms with Crippen molar-refractivity contribution in [3.63, 3.8) is 0 Å². The van der Waals surface area contributed by atoms with Crippen LogP contribution in [0.5, 0.6) is 5.75 Å². The summed E-state index contributed by atoms with van der Waals surface area (Å²) in [5.74, 6) is 0.240. The molecule has 20 heteroatoms. The Morgan fingerprint density at radius 3 is 2.45 bits per heavy atom. The molecule has 3 saturated heterocycles. The maximum atomic E-state index is 14.7. The summed E-state index contributed by atoms with van der Waals surface area (Å²) in [6, 6.07) is 9.48. The monoisotopic (exact) mass is 1100 g/mol. The predicted molar refractivity (Wildman–Crippen MR) is 297 cm³/mol. The van der Waals surface area contributed by atoms with Crippen molar-refractivity contribution < 1.29 is 33.4 Å². The van der Waals surface area contributed by atoms with Gasteiger partial charge in [0.25, 0.3) is 5.91 Å². The van der Waals surface area contributed by atoms with Gasteiger partial charge in [0.05, 0.1) is 51.9 Å². The number of thiazole rings is 1. The summed E-state index contributed by atoms with van der Waals surface area (Å²) in [4.78, 5) is 75.3. The fraction of sp³-hybridized carbons (Fsp3) is 0.589. The SMILES string of the molecule is Cc1ncsc1-c1ccc(CNC(=O)C2CC(O)CN2C(=O)[C@@H](NC(=O)C2(F)CC2)C(C)(C)C)c(OCCCCN2CCC(CCCC(=O)Nc3cccc(Sc4cnc(N5CCC(C)(CN)CC5)cn4)c3Cl)CC2)c1. The molecule has 3 aliphatic heterocycles. The number of alkyl halides is 1. The number of hydrogen-bond acceptors (Lipinski definition) is 14. The van der Waals surface area contributed by atoms with Crippen LogP contribution in [0.1, 0.15) is 116 Å². The molecular weight excluding hydrogens is 1030 g/mol. The summed E-state index contributed by atoms with van der Waals surface area (Å²) in [5, 5.41) is 20.5. The van der Waals surface area contributed by atoms with Crippen LogP contribution in [-0.2, 0) is 25.7 Å². The molecule has 3 atom stereocenters. The Hall–Kier alpha value is -4.92. The molecule has 1 aliphatic carbocycles. The van der Waals surface area contributed by atoms with E-state index in [1.807, 2.05) is 55.0 Å². The quantitative estimate of drug-likeness (QED) is 0.0468. The van der Waals surface area contributed by atoms with Gasteiger partial charge in [0.15, 0.2) is 5.67 Å². The van der Waals surface area contributed by atoms with Gasteiger partial charge in [0, 0.05) is 49.5 Å².